The molecule has 1 N–H and O–H groups in total. The number of benzene rings is 1. The van der Waals surface area contributed by atoms with Crippen molar-refractivity contribution in [3.8, 4) is 11.6 Å². The molecule has 1 aromatic heterocycles. The number of alkyl carbamates (subject to hydrolysis) is 1. The lowest BCUT2D eigenvalue weighted by molar-refractivity contribution is -0.156. The average molecular weight is 694 g/mol. The number of rotatable bonds is 4. The molecule has 13 nitrogen and oxygen atoms in total. The topological polar surface area (TPSA) is 149 Å². The number of allylic oxidation sites excluding steroid dienone is 1. The van der Waals surface area contributed by atoms with Crippen molar-refractivity contribution in [3.63, 3.8) is 0 Å². The van der Waals surface area contributed by atoms with Gasteiger partial charge < -0.3 is 34.1 Å². The molecule has 13 heteroatoms. The molecular weight excluding hydrogens is 642 g/mol. The fourth-order valence-corrected chi connectivity index (χ4v) is 6.94. The zero-order chi connectivity index (χ0) is 36.3. The van der Waals surface area contributed by atoms with Crippen LogP contribution in [-0.2, 0) is 23.9 Å². The summed E-state index contributed by atoms with van der Waals surface area (Å²) >= 11 is 0. The van der Waals surface area contributed by atoms with Crippen LogP contribution in [0.5, 0.6) is 11.6 Å². The number of methoxy groups -OCH3 is 1. The van der Waals surface area contributed by atoms with Crippen molar-refractivity contribution in [2.75, 3.05) is 26.8 Å². The molecular formula is C37H51N5O8. The Hall–Kier alpha value is -4.42. The highest BCUT2D eigenvalue weighted by atomic mass is 16.6. The van der Waals surface area contributed by atoms with E-state index in [0.29, 0.717) is 48.3 Å². The van der Waals surface area contributed by atoms with E-state index in [-0.39, 0.29) is 36.9 Å². The first-order chi connectivity index (χ1) is 23.7. The molecule has 3 amide bonds. The van der Waals surface area contributed by atoms with E-state index in [1.165, 1.54) is 11.8 Å². The first kappa shape index (κ1) is 36.9. The van der Waals surface area contributed by atoms with Crippen LogP contribution in [-0.4, -0.2) is 101 Å². The lowest BCUT2D eigenvalue weighted by Crippen LogP contribution is -2.58. The Balaban J connectivity index is 1.58. The van der Waals surface area contributed by atoms with E-state index in [1.54, 1.807) is 18.1 Å². The van der Waals surface area contributed by atoms with Crippen LogP contribution in [0.2, 0.25) is 0 Å². The third-order valence-corrected chi connectivity index (χ3v) is 9.68. The van der Waals surface area contributed by atoms with Gasteiger partial charge in [0.1, 0.15) is 35.7 Å². The first-order valence-electron chi connectivity index (χ1n) is 17.6. The summed E-state index contributed by atoms with van der Waals surface area (Å²) in [5.74, 6) is -0.612. The summed E-state index contributed by atoms with van der Waals surface area (Å²) in [4.78, 5) is 67.2. The van der Waals surface area contributed by atoms with Gasteiger partial charge in [-0.25, -0.2) is 19.6 Å². The molecule has 2 saturated heterocycles. The fraction of sp³-hybridized carbons (Fsp3) is 0.622. The minimum atomic E-state index is -1.05. The Morgan fingerprint density at radius 3 is 2.52 bits per heavy atom. The van der Waals surface area contributed by atoms with E-state index >= 15 is 0 Å². The largest absolute Gasteiger partial charge is 0.497 e. The summed E-state index contributed by atoms with van der Waals surface area (Å²) in [5, 5.41) is 2.83. The van der Waals surface area contributed by atoms with Crippen LogP contribution in [0, 0.1) is 17.3 Å². The van der Waals surface area contributed by atoms with Gasteiger partial charge in [0.15, 0.2) is 0 Å². The zero-order valence-corrected chi connectivity index (χ0v) is 30.4. The van der Waals surface area contributed by atoms with Crippen molar-refractivity contribution in [1.29, 1.82) is 0 Å². The van der Waals surface area contributed by atoms with E-state index in [4.69, 9.17) is 28.9 Å². The van der Waals surface area contributed by atoms with Crippen LogP contribution in [0.1, 0.15) is 79.8 Å². The van der Waals surface area contributed by atoms with Crippen molar-refractivity contribution >= 4 is 41.0 Å². The number of likely N-dealkylation sites (tertiary alicyclic amines) is 1. The number of esters is 1. The quantitative estimate of drug-likeness (QED) is 0.445. The molecule has 0 saturated carbocycles. The highest BCUT2D eigenvalue weighted by Gasteiger charge is 2.51. The SMILES string of the molecule is COc1ccc2nc3c(nc2c1)O[C@H]1CN(C(=O)[C@H](C(C)(C)C)NC(=O)O[C@@H]2CCN(C(C)=O)[C@H]2CCCC=C3)[C@H](C(=O)OCC(C)C)[C@@H]1C. The molecule has 2 aromatic rings. The minimum Gasteiger partial charge on any atom is -0.497 e. The van der Waals surface area contributed by atoms with Crippen LogP contribution >= 0.6 is 0 Å². The van der Waals surface area contributed by atoms with Gasteiger partial charge in [-0.3, -0.25) is 9.59 Å². The third-order valence-electron chi connectivity index (χ3n) is 9.68. The highest BCUT2D eigenvalue weighted by molar-refractivity contribution is 5.91. The van der Waals surface area contributed by atoms with Gasteiger partial charge in [-0.05, 0) is 48.8 Å². The van der Waals surface area contributed by atoms with Crippen LogP contribution in [0.25, 0.3) is 17.1 Å². The van der Waals surface area contributed by atoms with Gasteiger partial charge in [0.25, 0.3) is 0 Å². The van der Waals surface area contributed by atoms with E-state index < -0.39 is 53.6 Å². The summed E-state index contributed by atoms with van der Waals surface area (Å²) in [7, 11) is 1.58. The minimum absolute atomic E-state index is 0.0456. The Morgan fingerprint density at radius 2 is 1.84 bits per heavy atom. The van der Waals surface area contributed by atoms with Crippen molar-refractivity contribution in [1.82, 2.24) is 25.1 Å². The van der Waals surface area contributed by atoms with E-state index in [9.17, 15) is 19.2 Å². The summed E-state index contributed by atoms with van der Waals surface area (Å²) in [5.41, 5.74) is 0.967. The molecule has 2 fully saturated rings. The zero-order valence-electron chi connectivity index (χ0n) is 30.4. The summed E-state index contributed by atoms with van der Waals surface area (Å²) in [6.45, 7) is 13.5. The number of carbonyl (C=O) groups is 4. The molecule has 0 aliphatic carbocycles. The monoisotopic (exact) mass is 693 g/mol. The Bertz CT molecular complexity index is 1620. The lowest BCUT2D eigenvalue weighted by Gasteiger charge is -2.35. The molecule has 272 valence electrons. The molecule has 2 bridgehead atoms. The number of ether oxygens (including phenoxy) is 4. The lowest BCUT2D eigenvalue weighted by atomic mass is 9.85. The fourth-order valence-electron chi connectivity index (χ4n) is 6.94. The maximum absolute atomic E-state index is 14.5. The van der Waals surface area contributed by atoms with Crippen molar-refractivity contribution < 1.29 is 38.1 Å². The highest BCUT2D eigenvalue weighted by Crippen LogP contribution is 2.34. The Kier molecular flexibility index (Phi) is 11.2. The molecule has 0 spiro atoms. The van der Waals surface area contributed by atoms with Crippen LogP contribution in [0.4, 0.5) is 4.79 Å². The van der Waals surface area contributed by atoms with Gasteiger partial charge in [-0.15, -0.1) is 0 Å². The van der Waals surface area contributed by atoms with Gasteiger partial charge >= 0.3 is 12.1 Å². The summed E-state index contributed by atoms with van der Waals surface area (Å²) in [6.07, 6.45) is 4.42. The summed E-state index contributed by atoms with van der Waals surface area (Å²) < 4.78 is 23.7. The molecule has 50 heavy (non-hydrogen) atoms. The Labute approximate surface area is 294 Å². The molecule has 1 aromatic carbocycles. The van der Waals surface area contributed by atoms with Crippen molar-refractivity contribution in [3.05, 3.63) is 30.0 Å². The number of aromatic nitrogens is 2. The third kappa shape index (κ3) is 8.13. The van der Waals surface area contributed by atoms with Gasteiger partial charge in [-0.1, -0.05) is 47.6 Å². The smallest absolute Gasteiger partial charge is 0.408 e. The van der Waals surface area contributed by atoms with E-state index in [2.05, 4.69) is 5.32 Å². The second-order valence-electron chi connectivity index (χ2n) is 15.0. The van der Waals surface area contributed by atoms with Crippen LogP contribution < -0.4 is 14.8 Å². The van der Waals surface area contributed by atoms with Gasteiger partial charge in [0.05, 0.1) is 37.3 Å². The molecule has 0 radical (unpaired) electrons. The molecule has 3 aliphatic heterocycles. The number of amides is 3. The molecule has 0 unspecified atom stereocenters. The standard InChI is InChI=1S/C37H51N5O8/c1-21(2)20-48-35(45)31-22(3)30-19-42(31)34(44)32(37(5,6)7)40-36(46)50-29-16-17-41(23(4)43)28(29)13-11-9-10-12-26-33(49-30)39-27-18-24(47-8)14-15-25(27)38-26/h10,12,14-15,18,21-22,28-32H,9,11,13,16-17,19-20H2,1-8H3,(H,40,46)/t22-,28+,29-,30+,31+,32-/m1/s1. The van der Waals surface area contributed by atoms with Gasteiger partial charge in [0, 0.05) is 31.9 Å². The van der Waals surface area contributed by atoms with E-state index in [1.807, 2.05) is 65.8 Å². The second kappa shape index (κ2) is 15.2. The number of hydrogen-bond donors (Lipinski definition) is 1. The number of hydrogen-bond acceptors (Lipinski definition) is 10. The molecule has 5 rings (SSSR count). The number of nitrogens with zero attached hydrogens (tertiary/aromatic N) is 4. The molecule has 3 aliphatic rings. The molecule has 4 heterocycles. The maximum atomic E-state index is 14.5. The predicted molar refractivity (Wildman–Crippen MR) is 186 cm³/mol. The van der Waals surface area contributed by atoms with E-state index in [0.717, 1.165) is 6.42 Å². The van der Waals surface area contributed by atoms with Crippen molar-refractivity contribution in [2.45, 2.75) is 104 Å². The molecule has 6 atom stereocenters. The normalized spacial score (nSPS) is 26.3. The number of nitrogens with one attached hydrogen (secondary N) is 1. The number of carbonyl (C=O) groups excluding carboxylic acids is 4. The first-order valence-corrected chi connectivity index (χ1v) is 17.6. The van der Waals surface area contributed by atoms with Gasteiger partial charge in [0.2, 0.25) is 17.7 Å². The maximum Gasteiger partial charge on any atom is 0.408 e. The van der Waals surface area contributed by atoms with Crippen LogP contribution in [0.15, 0.2) is 24.3 Å². The second-order valence-corrected chi connectivity index (χ2v) is 15.0. The predicted octanol–water partition coefficient (Wildman–Crippen LogP) is 4.76. The van der Waals surface area contributed by atoms with Gasteiger partial charge in [-0.2, -0.15) is 0 Å². The Morgan fingerprint density at radius 1 is 1.08 bits per heavy atom. The number of fused-ring (bicyclic) bond motifs is 5. The van der Waals surface area contributed by atoms with Crippen molar-refractivity contribution in [2.24, 2.45) is 17.3 Å². The average Bonchev–Trinajstić information content (AvgIpc) is 3.60. The van der Waals surface area contributed by atoms with Crippen LogP contribution in [0.3, 0.4) is 0 Å². The summed E-state index contributed by atoms with van der Waals surface area (Å²) in [6, 6.07) is 3.10.